The summed E-state index contributed by atoms with van der Waals surface area (Å²) in [4.78, 5) is 37.4. The van der Waals surface area contributed by atoms with Gasteiger partial charge in [-0.2, -0.15) is 17.6 Å². The number of oxazole rings is 2. The molecule has 0 amide bonds. The summed E-state index contributed by atoms with van der Waals surface area (Å²) in [5.74, 6) is -3.65. The molecule has 0 saturated carbocycles. The maximum atomic E-state index is 12.6. The molecule has 0 aliphatic carbocycles. The number of esters is 2. The van der Waals surface area contributed by atoms with Crippen LogP contribution in [0.1, 0.15) is 31.8 Å². The SMILES string of the molecule is COC(=O)c1cc2nc(-c3cccc(Br)c3C)oc2cc1O.COC(=O)c1cc2nc(-c3cccc(Br)c3C)oc2cc1OC(F)F.O=C([O-])C(F)(F)Br.[Na+]. The van der Waals surface area contributed by atoms with Gasteiger partial charge in [0.1, 0.15) is 39.6 Å². The molecule has 20 heteroatoms. The summed E-state index contributed by atoms with van der Waals surface area (Å²) >= 11 is 8.45. The topological polar surface area (TPSA) is 174 Å². The minimum absolute atomic E-state index is 0. The Hall–Kier alpha value is -4.01. The average Bonchev–Trinajstić information content (AvgIpc) is 3.72. The van der Waals surface area contributed by atoms with Gasteiger partial charge in [0.25, 0.3) is 0 Å². The zero-order valence-electron chi connectivity index (χ0n) is 29.0. The molecule has 4 aromatic carbocycles. The summed E-state index contributed by atoms with van der Waals surface area (Å²) in [6.45, 7) is 0.751. The van der Waals surface area contributed by atoms with Crippen LogP contribution in [0.2, 0.25) is 0 Å². The normalized spacial score (nSPS) is 10.8. The van der Waals surface area contributed by atoms with Gasteiger partial charge in [-0.1, -0.05) is 44.0 Å². The Kier molecular flexibility index (Phi) is 15.9. The van der Waals surface area contributed by atoms with E-state index in [1.54, 1.807) is 15.9 Å². The first-order valence-corrected chi connectivity index (χ1v) is 17.2. The number of fused-ring (bicyclic) bond motifs is 2. The van der Waals surface area contributed by atoms with Crippen molar-refractivity contribution in [3.05, 3.63) is 91.9 Å². The quantitative estimate of drug-likeness (QED) is 0.0892. The van der Waals surface area contributed by atoms with E-state index in [0.717, 1.165) is 38.3 Å². The number of benzene rings is 4. The van der Waals surface area contributed by atoms with E-state index in [4.69, 9.17) is 18.7 Å². The van der Waals surface area contributed by atoms with E-state index in [1.165, 1.54) is 31.4 Å². The number of nitrogens with zero attached hydrogens (tertiary/aromatic N) is 2. The Morgan fingerprint density at radius 1 is 0.800 bits per heavy atom. The third-order valence-corrected chi connectivity index (χ3v) is 9.29. The number of phenolic OH excluding ortho intramolecular Hbond substituents is 1. The summed E-state index contributed by atoms with van der Waals surface area (Å²) in [5.41, 5.74) is 4.81. The van der Waals surface area contributed by atoms with Gasteiger partial charge in [-0.3, -0.25) is 0 Å². The fourth-order valence-electron chi connectivity index (χ4n) is 4.56. The summed E-state index contributed by atoms with van der Waals surface area (Å²) in [7, 11) is 2.41. The van der Waals surface area contributed by atoms with E-state index in [-0.39, 0.29) is 57.8 Å². The molecule has 1 N–H and O–H groups in total. The van der Waals surface area contributed by atoms with E-state index in [1.807, 2.05) is 50.2 Å². The number of carbonyl (C=O) groups excluding carboxylic acids is 3. The molecular weight excluding hydrogens is 947 g/mol. The Labute approximate surface area is 355 Å². The minimum atomic E-state index is -3.88. The summed E-state index contributed by atoms with van der Waals surface area (Å²) in [6.07, 6.45) is 0. The van der Waals surface area contributed by atoms with Crippen molar-refractivity contribution in [3.63, 3.8) is 0 Å². The van der Waals surface area contributed by atoms with Crippen molar-refractivity contribution in [2.75, 3.05) is 14.2 Å². The van der Waals surface area contributed by atoms with Crippen molar-refractivity contribution in [1.29, 1.82) is 0 Å². The zero-order valence-corrected chi connectivity index (χ0v) is 35.8. The van der Waals surface area contributed by atoms with E-state index >= 15 is 0 Å². The first kappa shape index (κ1) is 45.4. The van der Waals surface area contributed by atoms with Gasteiger partial charge in [0.05, 0.1) is 14.2 Å². The molecule has 12 nitrogen and oxygen atoms in total. The van der Waals surface area contributed by atoms with Gasteiger partial charge in [-0.15, -0.1) is 0 Å². The molecule has 0 unspecified atom stereocenters. The molecule has 284 valence electrons. The number of rotatable bonds is 7. The minimum Gasteiger partial charge on any atom is -0.543 e. The van der Waals surface area contributed by atoms with Crippen LogP contribution in [0.25, 0.3) is 45.1 Å². The van der Waals surface area contributed by atoms with E-state index in [0.29, 0.717) is 28.4 Å². The van der Waals surface area contributed by atoms with Crippen LogP contribution >= 0.6 is 47.8 Å². The standard InChI is InChI=1S/C17H12BrF2NO4.C16H12BrNO4.C2HBrF2O2.Na/c1-8-9(4-3-5-11(8)18)15-21-12-6-10(16(22)23-2)13(25-17(19)20)7-14(12)24-15;1-8-9(4-3-5-11(8)17)15-18-12-6-10(16(20)21-2)13(19)7-14(12)22-15;3-2(4,5)1(6)7;/h3-7,17H,1-2H3;3-7,19H,1-2H3;(H,6,7);/q;;;+1/p-1. The smallest absolute Gasteiger partial charge is 0.543 e. The molecule has 0 aliphatic heterocycles. The van der Waals surface area contributed by atoms with Gasteiger partial charge in [0, 0.05) is 32.2 Å². The van der Waals surface area contributed by atoms with Crippen LogP contribution in [-0.4, -0.2) is 58.6 Å². The average molecular weight is 971 g/mol. The van der Waals surface area contributed by atoms with Crippen molar-refractivity contribution >= 4 is 87.9 Å². The Morgan fingerprint density at radius 2 is 1.22 bits per heavy atom. The first-order valence-electron chi connectivity index (χ1n) is 14.8. The van der Waals surface area contributed by atoms with Crippen LogP contribution in [0.5, 0.6) is 11.5 Å². The molecule has 0 fully saturated rings. The molecule has 0 atom stereocenters. The third-order valence-electron chi connectivity index (χ3n) is 7.25. The molecular formula is C35H24Br3F4N2NaO10. The predicted octanol–water partition coefficient (Wildman–Crippen LogP) is 5.74. The number of ether oxygens (including phenoxy) is 3. The summed E-state index contributed by atoms with van der Waals surface area (Å²) in [6, 6.07) is 16.6. The molecule has 55 heavy (non-hydrogen) atoms. The Balaban J connectivity index is 0.000000250. The maximum Gasteiger partial charge on any atom is 1.00 e. The number of alkyl halides is 5. The molecule has 2 aromatic heterocycles. The van der Waals surface area contributed by atoms with Crippen LogP contribution in [0.4, 0.5) is 17.6 Å². The van der Waals surface area contributed by atoms with Gasteiger partial charge >= 0.3 is 52.9 Å². The fraction of sp³-hybridized carbons (Fsp3) is 0.171. The van der Waals surface area contributed by atoms with Gasteiger partial charge in [-0.25, -0.2) is 19.6 Å². The number of hydrogen-bond donors (Lipinski definition) is 1. The first-order chi connectivity index (χ1) is 25.4. The van der Waals surface area contributed by atoms with Gasteiger partial charge < -0.3 is 38.1 Å². The summed E-state index contributed by atoms with van der Waals surface area (Å²) < 4.78 is 74.3. The zero-order chi connectivity index (χ0) is 40.1. The van der Waals surface area contributed by atoms with Crippen LogP contribution in [0.3, 0.4) is 0 Å². The second-order valence-corrected chi connectivity index (χ2v) is 13.4. The number of methoxy groups -OCH3 is 2. The molecule has 0 aliphatic rings. The van der Waals surface area contributed by atoms with Crippen LogP contribution in [-0.2, 0) is 14.3 Å². The number of carboxylic acid groups (broad SMARTS) is 1. The number of phenols is 1. The summed E-state index contributed by atoms with van der Waals surface area (Å²) in [5, 5.41) is 19.0. The number of hydrogen-bond acceptors (Lipinski definition) is 12. The Bertz CT molecular complexity index is 2370. The molecule has 0 radical (unpaired) electrons. The van der Waals surface area contributed by atoms with Crippen molar-refractivity contribution in [2.24, 2.45) is 0 Å². The van der Waals surface area contributed by atoms with Crippen LogP contribution in [0, 0.1) is 13.8 Å². The molecule has 0 bridgehead atoms. The molecule has 0 spiro atoms. The third kappa shape index (κ3) is 11.1. The number of aromatic hydroxyl groups is 1. The van der Waals surface area contributed by atoms with Crippen molar-refractivity contribution in [2.45, 2.75) is 25.3 Å². The van der Waals surface area contributed by atoms with Gasteiger partial charge in [-0.05, 0) is 77.3 Å². The maximum absolute atomic E-state index is 12.6. The molecule has 0 saturated heterocycles. The number of halogens is 7. The van der Waals surface area contributed by atoms with E-state index in [2.05, 4.69) is 56.0 Å². The van der Waals surface area contributed by atoms with E-state index < -0.39 is 29.4 Å². The van der Waals surface area contributed by atoms with Gasteiger partial charge in [0.2, 0.25) is 11.8 Å². The molecule has 2 heterocycles. The largest absolute Gasteiger partial charge is 1.00 e. The second-order valence-electron chi connectivity index (χ2n) is 10.7. The number of aromatic nitrogens is 2. The van der Waals surface area contributed by atoms with E-state index in [9.17, 15) is 32.3 Å². The molecule has 6 aromatic rings. The van der Waals surface area contributed by atoms with Crippen molar-refractivity contribution in [1.82, 2.24) is 9.97 Å². The molecule has 6 rings (SSSR count). The van der Waals surface area contributed by atoms with Crippen molar-refractivity contribution in [3.8, 4) is 34.4 Å². The number of carbonyl (C=O) groups is 3. The monoisotopic (exact) mass is 968 g/mol. The fourth-order valence-corrected chi connectivity index (χ4v) is 5.30. The van der Waals surface area contributed by atoms with Gasteiger partial charge in [0.15, 0.2) is 11.2 Å². The predicted molar refractivity (Wildman–Crippen MR) is 194 cm³/mol. The number of aliphatic carboxylic acids is 1. The van der Waals surface area contributed by atoms with Crippen LogP contribution < -0.4 is 39.4 Å². The Morgan fingerprint density at radius 3 is 1.64 bits per heavy atom. The number of carboxylic acids is 1. The van der Waals surface area contributed by atoms with Crippen LogP contribution in [0.15, 0.2) is 78.4 Å². The second kappa shape index (κ2) is 19.2. The van der Waals surface area contributed by atoms with Crippen molar-refractivity contribution < 1.29 is 94.8 Å².